The number of hydrogen-bond donors (Lipinski definition) is 1. The van der Waals surface area contributed by atoms with Gasteiger partial charge in [0, 0.05) is 25.2 Å². The van der Waals surface area contributed by atoms with Crippen LogP contribution in [-0.2, 0) is 10.0 Å². The number of aryl methyl sites for hydroxylation is 1. The van der Waals surface area contributed by atoms with Gasteiger partial charge in [0.15, 0.2) is 0 Å². The lowest BCUT2D eigenvalue weighted by Gasteiger charge is -2.35. The molecule has 2 atom stereocenters. The minimum Gasteiger partial charge on any atom is -0.491 e. The third kappa shape index (κ3) is 3.80. The molecule has 1 N–H and O–H groups in total. The smallest absolute Gasteiger partial charge is 0.243 e. The number of ether oxygens (including phenoxy) is 1. The number of benzene rings is 1. The Balaban J connectivity index is 2.28. The van der Waals surface area contributed by atoms with Crippen LogP contribution in [0, 0.1) is 6.92 Å². The van der Waals surface area contributed by atoms with Gasteiger partial charge < -0.3 is 10.1 Å². The average molecular weight is 326 g/mol. The fourth-order valence-corrected chi connectivity index (χ4v) is 4.49. The maximum atomic E-state index is 12.8. The van der Waals surface area contributed by atoms with Gasteiger partial charge in [-0.25, -0.2) is 8.42 Å². The van der Waals surface area contributed by atoms with E-state index in [4.69, 9.17) is 4.74 Å². The fourth-order valence-electron chi connectivity index (χ4n) is 2.79. The highest BCUT2D eigenvalue weighted by Gasteiger charge is 2.31. The lowest BCUT2D eigenvalue weighted by molar-refractivity contribution is 0.240. The summed E-state index contributed by atoms with van der Waals surface area (Å²) < 4.78 is 32.9. The first-order valence-corrected chi connectivity index (χ1v) is 9.17. The average Bonchev–Trinajstić information content (AvgIpc) is 2.39. The molecule has 6 heteroatoms. The van der Waals surface area contributed by atoms with Gasteiger partial charge in [-0.3, -0.25) is 0 Å². The van der Waals surface area contributed by atoms with Gasteiger partial charge in [-0.05, 0) is 58.4 Å². The first-order chi connectivity index (χ1) is 10.2. The minimum atomic E-state index is -3.46. The summed E-state index contributed by atoms with van der Waals surface area (Å²) in [6.07, 6.45) is 0.0658. The number of nitrogens with one attached hydrogen (secondary N) is 1. The largest absolute Gasteiger partial charge is 0.491 e. The monoisotopic (exact) mass is 326 g/mol. The Morgan fingerprint density at radius 1 is 1.23 bits per heavy atom. The molecule has 0 radical (unpaired) electrons. The highest BCUT2D eigenvalue weighted by molar-refractivity contribution is 7.89. The summed E-state index contributed by atoms with van der Waals surface area (Å²) >= 11 is 0. The molecule has 2 rings (SSSR count). The molecule has 0 spiro atoms. The van der Waals surface area contributed by atoms with Gasteiger partial charge >= 0.3 is 0 Å². The van der Waals surface area contributed by atoms with Crippen LogP contribution >= 0.6 is 0 Å². The second-order valence-corrected chi connectivity index (χ2v) is 8.32. The zero-order valence-corrected chi connectivity index (χ0v) is 14.8. The van der Waals surface area contributed by atoms with E-state index in [9.17, 15) is 8.42 Å². The summed E-state index contributed by atoms with van der Waals surface area (Å²) in [6.45, 7) is 10.8. The Hall–Kier alpha value is -1.11. The number of piperazine rings is 1. The quantitative estimate of drug-likeness (QED) is 0.921. The standard InChI is InChI=1S/C16H26N2O3S/c1-11(2)21-16-7-6-15(8-12(16)3)22(19,20)18-9-13(4)17-14(5)10-18/h6-8,11,13-14,17H,9-10H2,1-5H3. The minimum absolute atomic E-state index is 0.0658. The molecule has 1 aliphatic heterocycles. The zero-order valence-electron chi connectivity index (χ0n) is 14.0. The summed E-state index contributed by atoms with van der Waals surface area (Å²) in [5.41, 5.74) is 0.839. The molecule has 22 heavy (non-hydrogen) atoms. The van der Waals surface area contributed by atoms with E-state index >= 15 is 0 Å². The van der Waals surface area contributed by atoms with Crippen molar-refractivity contribution in [1.29, 1.82) is 0 Å². The van der Waals surface area contributed by atoms with Crippen LogP contribution in [0.1, 0.15) is 33.3 Å². The summed E-state index contributed by atoms with van der Waals surface area (Å²) in [4.78, 5) is 0.336. The maximum absolute atomic E-state index is 12.8. The van der Waals surface area contributed by atoms with Crippen LogP contribution in [0.4, 0.5) is 0 Å². The van der Waals surface area contributed by atoms with Gasteiger partial charge in [-0.15, -0.1) is 0 Å². The molecule has 0 amide bonds. The highest BCUT2D eigenvalue weighted by Crippen LogP contribution is 2.25. The number of sulfonamides is 1. The Kier molecular flexibility index (Phi) is 5.14. The molecule has 1 aliphatic rings. The molecule has 124 valence electrons. The van der Waals surface area contributed by atoms with Gasteiger partial charge in [0.2, 0.25) is 10.0 Å². The Morgan fingerprint density at radius 3 is 2.32 bits per heavy atom. The van der Waals surface area contributed by atoms with Crippen LogP contribution in [0.5, 0.6) is 5.75 Å². The van der Waals surface area contributed by atoms with Gasteiger partial charge in [-0.2, -0.15) is 4.31 Å². The van der Waals surface area contributed by atoms with Crippen molar-refractivity contribution in [3.63, 3.8) is 0 Å². The van der Waals surface area contributed by atoms with E-state index in [1.165, 1.54) is 0 Å². The number of nitrogens with zero attached hydrogens (tertiary/aromatic N) is 1. The van der Waals surface area contributed by atoms with Gasteiger partial charge in [-0.1, -0.05) is 0 Å². The Bertz CT molecular complexity index is 618. The van der Waals surface area contributed by atoms with Crippen molar-refractivity contribution in [2.45, 2.75) is 57.7 Å². The van der Waals surface area contributed by atoms with Crippen LogP contribution in [-0.4, -0.2) is 44.0 Å². The molecule has 0 saturated carbocycles. The Labute approximate surface area is 133 Å². The fraction of sp³-hybridized carbons (Fsp3) is 0.625. The molecule has 1 aromatic rings. The normalized spacial score (nSPS) is 23.7. The van der Waals surface area contributed by atoms with E-state index < -0.39 is 10.0 Å². The predicted octanol–water partition coefficient (Wildman–Crippen LogP) is 2.15. The first kappa shape index (κ1) is 17.2. The molecule has 0 aromatic heterocycles. The lowest BCUT2D eigenvalue weighted by atomic mass is 10.2. The van der Waals surface area contributed by atoms with Crippen LogP contribution in [0.15, 0.2) is 23.1 Å². The van der Waals surface area contributed by atoms with Gasteiger partial charge in [0.1, 0.15) is 5.75 Å². The van der Waals surface area contributed by atoms with Crippen LogP contribution in [0.3, 0.4) is 0 Å². The number of rotatable bonds is 4. The van der Waals surface area contributed by atoms with Crippen molar-refractivity contribution >= 4 is 10.0 Å². The van der Waals surface area contributed by atoms with E-state index in [0.717, 1.165) is 11.3 Å². The highest BCUT2D eigenvalue weighted by atomic mass is 32.2. The molecule has 1 aromatic carbocycles. The van der Waals surface area contributed by atoms with E-state index in [1.807, 2.05) is 34.6 Å². The third-order valence-corrected chi connectivity index (χ3v) is 5.50. The summed E-state index contributed by atoms with van der Waals surface area (Å²) in [7, 11) is -3.46. The van der Waals surface area contributed by atoms with E-state index in [1.54, 1.807) is 22.5 Å². The van der Waals surface area contributed by atoms with Crippen LogP contribution < -0.4 is 10.1 Å². The molecule has 1 fully saturated rings. The van der Waals surface area contributed by atoms with Crippen molar-refractivity contribution in [1.82, 2.24) is 9.62 Å². The van der Waals surface area contributed by atoms with Crippen molar-refractivity contribution < 1.29 is 13.2 Å². The Morgan fingerprint density at radius 2 is 1.82 bits per heavy atom. The second-order valence-electron chi connectivity index (χ2n) is 6.38. The van der Waals surface area contributed by atoms with Gasteiger partial charge in [0.05, 0.1) is 11.0 Å². The van der Waals surface area contributed by atoms with Crippen molar-refractivity contribution in [2.24, 2.45) is 0 Å². The molecule has 1 saturated heterocycles. The maximum Gasteiger partial charge on any atom is 0.243 e. The van der Waals surface area contributed by atoms with Crippen molar-refractivity contribution in [3.8, 4) is 5.75 Å². The third-order valence-electron chi connectivity index (χ3n) is 3.67. The molecule has 2 unspecified atom stereocenters. The van der Waals surface area contributed by atoms with Crippen LogP contribution in [0.25, 0.3) is 0 Å². The lowest BCUT2D eigenvalue weighted by Crippen LogP contribution is -2.55. The van der Waals surface area contributed by atoms with Gasteiger partial charge in [0.25, 0.3) is 0 Å². The van der Waals surface area contributed by atoms with Crippen molar-refractivity contribution in [2.75, 3.05) is 13.1 Å². The molecule has 0 bridgehead atoms. The molecular weight excluding hydrogens is 300 g/mol. The van der Waals surface area contributed by atoms with E-state index in [-0.39, 0.29) is 18.2 Å². The first-order valence-electron chi connectivity index (χ1n) is 7.73. The SMILES string of the molecule is Cc1cc(S(=O)(=O)N2CC(C)NC(C)C2)ccc1OC(C)C. The second kappa shape index (κ2) is 6.56. The molecular formula is C16H26N2O3S. The molecule has 0 aliphatic carbocycles. The zero-order chi connectivity index (χ0) is 16.5. The van der Waals surface area contributed by atoms with E-state index in [2.05, 4.69) is 5.32 Å². The predicted molar refractivity (Wildman–Crippen MR) is 87.8 cm³/mol. The summed E-state index contributed by atoms with van der Waals surface area (Å²) in [6, 6.07) is 5.39. The van der Waals surface area contributed by atoms with Crippen molar-refractivity contribution in [3.05, 3.63) is 23.8 Å². The van der Waals surface area contributed by atoms with E-state index in [0.29, 0.717) is 18.0 Å². The summed E-state index contributed by atoms with van der Waals surface area (Å²) in [5.74, 6) is 0.732. The topological polar surface area (TPSA) is 58.6 Å². The number of hydrogen-bond acceptors (Lipinski definition) is 4. The summed E-state index contributed by atoms with van der Waals surface area (Å²) in [5, 5.41) is 3.35. The molecule has 5 nitrogen and oxygen atoms in total. The molecule has 1 heterocycles. The van der Waals surface area contributed by atoms with Crippen LogP contribution in [0.2, 0.25) is 0 Å².